The number of rotatable bonds is 2. The monoisotopic (exact) mass is 299 g/mol. The fraction of sp³-hybridized carbons (Fsp3) is 0.227. The lowest BCUT2D eigenvalue weighted by Crippen LogP contribution is -1.96. The summed E-state index contributed by atoms with van der Waals surface area (Å²) in [5.41, 5.74) is 10.6. The van der Waals surface area contributed by atoms with E-state index in [0.717, 1.165) is 6.42 Å². The quantitative estimate of drug-likeness (QED) is 0.607. The number of hydrogen-bond donors (Lipinski definition) is 0. The van der Waals surface area contributed by atoms with Gasteiger partial charge in [-0.1, -0.05) is 59.7 Å². The normalized spacial score (nSPS) is 13.1. The zero-order valence-electron chi connectivity index (χ0n) is 13.8. The highest BCUT2D eigenvalue weighted by atomic mass is 14.7. The predicted molar refractivity (Wildman–Crippen MR) is 96.6 cm³/mol. The zero-order chi connectivity index (χ0) is 15.8. The second-order valence-electron chi connectivity index (χ2n) is 6.56. The minimum Gasteiger partial charge on any atom is -0.255 e. The summed E-state index contributed by atoms with van der Waals surface area (Å²) in [7, 11) is 0. The molecule has 0 radical (unpaired) electrons. The number of aromatic nitrogens is 1. The molecular formula is C22H21N. The zero-order valence-corrected chi connectivity index (χ0v) is 13.8. The van der Waals surface area contributed by atoms with Crippen molar-refractivity contribution in [2.45, 2.75) is 33.1 Å². The second-order valence-corrected chi connectivity index (χ2v) is 6.56. The van der Waals surface area contributed by atoms with Crippen LogP contribution in [0.25, 0.3) is 22.4 Å². The van der Waals surface area contributed by atoms with Crippen molar-refractivity contribution in [3.8, 4) is 22.4 Å². The Balaban J connectivity index is 1.85. The fourth-order valence-electron chi connectivity index (χ4n) is 3.53. The van der Waals surface area contributed by atoms with Crippen molar-refractivity contribution in [1.29, 1.82) is 0 Å². The van der Waals surface area contributed by atoms with E-state index in [1.54, 1.807) is 0 Å². The van der Waals surface area contributed by atoms with Crippen LogP contribution in [0.15, 0.2) is 54.7 Å². The number of pyridine rings is 1. The summed E-state index contributed by atoms with van der Waals surface area (Å²) in [4.78, 5) is 4.85. The highest BCUT2D eigenvalue weighted by Crippen LogP contribution is 2.37. The molecule has 0 atom stereocenters. The number of nitrogens with zero attached hydrogens (tertiary/aromatic N) is 1. The molecule has 2 aromatic carbocycles. The Kier molecular flexibility index (Phi) is 3.49. The third kappa shape index (κ3) is 2.57. The Hall–Kier alpha value is -2.41. The summed E-state index contributed by atoms with van der Waals surface area (Å²) in [6.45, 7) is 4.26. The molecular weight excluding hydrogens is 278 g/mol. The summed E-state index contributed by atoms with van der Waals surface area (Å²) >= 11 is 0. The molecule has 3 aromatic rings. The van der Waals surface area contributed by atoms with Crippen LogP contribution in [0.2, 0.25) is 0 Å². The van der Waals surface area contributed by atoms with Crippen molar-refractivity contribution in [3.05, 3.63) is 77.0 Å². The molecule has 114 valence electrons. The molecule has 0 fully saturated rings. The molecule has 1 aliphatic rings. The summed E-state index contributed by atoms with van der Waals surface area (Å²) in [6, 6.07) is 17.5. The Morgan fingerprint density at radius 2 is 1.26 bits per heavy atom. The lowest BCUT2D eigenvalue weighted by molar-refractivity contribution is 0.912. The van der Waals surface area contributed by atoms with Gasteiger partial charge in [0, 0.05) is 17.3 Å². The van der Waals surface area contributed by atoms with E-state index in [4.69, 9.17) is 4.98 Å². The topological polar surface area (TPSA) is 12.9 Å². The highest BCUT2D eigenvalue weighted by Gasteiger charge is 2.21. The van der Waals surface area contributed by atoms with Gasteiger partial charge in [0.05, 0.1) is 5.69 Å². The molecule has 4 rings (SSSR count). The second kappa shape index (κ2) is 5.66. The summed E-state index contributed by atoms with van der Waals surface area (Å²) in [5, 5.41) is 0. The van der Waals surface area contributed by atoms with Crippen molar-refractivity contribution >= 4 is 0 Å². The van der Waals surface area contributed by atoms with Crippen LogP contribution in [0.1, 0.15) is 28.7 Å². The van der Waals surface area contributed by atoms with E-state index in [-0.39, 0.29) is 0 Å². The first-order chi connectivity index (χ1) is 11.2. The lowest BCUT2D eigenvalue weighted by atomic mass is 9.95. The SMILES string of the molecule is Cc1ccc(-c2cnc(-c3ccc(C)cc3)c3c2CCC3)cc1. The molecule has 23 heavy (non-hydrogen) atoms. The van der Waals surface area contributed by atoms with E-state index in [2.05, 4.69) is 68.6 Å². The minimum atomic E-state index is 1.14. The summed E-state index contributed by atoms with van der Waals surface area (Å²) < 4.78 is 0. The van der Waals surface area contributed by atoms with Crippen LogP contribution < -0.4 is 0 Å². The van der Waals surface area contributed by atoms with Crippen LogP contribution >= 0.6 is 0 Å². The molecule has 1 aromatic heterocycles. The van der Waals surface area contributed by atoms with Gasteiger partial charge in [-0.3, -0.25) is 4.98 Å². The van der Waals surface area contributed by atoms with Crippen molar-refractivity contribution in [2.24, 2.45) is 0 Å². The number of fused-ring (bicyclic) bond motifs is 1. The van der Waals surface area contributed by atoms with Gasteiger partial charge in [0.25, 0.3) is 0 Å². The first kappa shape index (κ1) is 14.2. The molecule has 0 aliphatic heterocycles. The van der Waals surface area contributed by atoms with Crippen LogP contribution in [0.5, 0.6) is 0 Å². The lowest BCUT2D eigenvalue weighted by Gasteiger charge is -2.13. The maximum atomic E-state index is 4.85. The summed E-state index contributed by atoms with van der Waals surface area (Å²) in [5.74, 6) is 0. The van der Waals surface area contributed by atoms with Crippen LogP contribution in [-0.4, -0.2) is 4.98 Å². The van der Waals surface area contributed by atoms with E-state index in [1.807, 2.05) is 0 Å². The number of aryl methyl sites for hydroxylation is 2. The standard InChI is InChI=1S/C22H21N/c1-15-6-10-17(11-7-15)21-14-23-22(20-5-3-4-19(20)21)18-12-8-16(2)9-13-18/h6-14H,3-5H2,1-2H3. The van der Waals surface area contributed by atoms with Crippen LogP contribution in [0.3, 0.4) is 0 Å². The molecule has 0 amide bonds. The fourth-order valence-corrected chi connectivity index (χ4v) is 3.53. The average Bonchev–Trinajstić information content (AvgIpc) is 3.05. The van der Waals surface area contributed by atoms with E-state index >= 15 is 0 Å². The molecule has 1 aliphatic carbocycles. The van der Waals surface area contributed by atoms with Crippen molar-refractivity contribution in [1.82, 2.24) is 4.98 Å². The van der Waals surface area contributed by atoms with Gasteiger partial charge in [-0.25, -0.2) is 0 Å². The molecule has 0 saturated heterocycles. The molecule has 1 nitrogen and oxygen atoms in total. The third-order valence-corrected chi connectivity index (χ3v) is 4.84. The third-order valence-electron chi connectivity index (χ3n) is 4.84. The Labute approximate surface area is 138 Å². The van der Waals surface area contributed by atoms with Crippen molar-refractivity contribution in [2.75, 3.05) is 0 Å². The van der Waals surface area contributed by atoms with Gasteiger partial charge in [-0.05, 0) is 49.8 Å². The van der Waals surface area contributed by atoms with E-state index in [9.17, 15) is 0 Å². The summed E-state index contributed by atoms with van der Waals surface area (Å²) in [6.07, 6.45) is 5.62. The van der Waals surface area contributed by atoms with E-state index in [0.29, 0.717) is 0 Å². The van der Waals surface area contributed by atoms with E-state index in [1.165, 1.54) is 57.5 Å². The molecule has 0 bridgehead atoms. The van der Waals surface area contributed by atoms with Gasteiger partial charge in [0.1, 0.15) is 0 Å². The smallest absolute Gasteiger partial charge is 0.0737 e. The van der Waals surface area contributed by atoms with Gasteiger partial charge in [0.2, 0.25) is 0 Å². The molecule has 1 heteroatoms. The molecule has 0 unspecified atom stereocenters. The molecule has 0 N–H and O–H groups in total. The Morgan fingerprint density at radius 1 is 0.696 bits per heavy atom. The van der Waals surface area contributed by atoms with Crippen molar-refractivity contribution < 1.29 is 0 Å². The van der Waals surface area contributed by atoms with Gasteiger partial charge in [0.15, 0.2) is 0 Å². The highest BCUT2D eigenvalue weighted by molar-refractivity contribution is 5.75. The molecule has 0 spiro atoms. The van der Waals surface area contributed by atoms with E-state index < -0.39 is 0 Å². The van der Waals surface area contributed by atoms with Crippen LogP contribution in [0, 0.1) is 13.8 Å². The minimum absolute atomic E-state index is 1.14. The molecule has 1 heterocycles. The predicted octanol–water partition coefficient (Wildman–Crippen LogP) is 5.52. The maximum Gasteiger partial charge on any atom is 0.0737 e. The van der Waals surface area contributed by atoms with Gasteiger partial charge >= 0.3 is 0 Å². The van der Waals surface area contributed by atoms with Gasteiger partial charge in [-0.2, -0.15) is 0 Å². The first-order valence-electron chi connectivity index (χ1n) is 8.37. The van der Waals surface area contributed by atoms with Crippen LogP contribution in [-0.2, 0) is 12.8 Å². The average molecular weight is 299 g/mol. The van der Waals surface area contributed by atoms with Gasteiger partial charge in [-0.15, -0.1) is 0 Å². The first-order valence-corrected chi connectivity index (χ1v) is 8.37. The largest absolute Gasteiger partial charge is 0.255 e. The Morgan fingerprint density at radius 3 is 1.91 bits per heavy atom. The number of benzene rings is 2. The van der Waals surface area contributed by atoms with Gasteiger partial charge < -0.3 is 0 Å². The molecule has 0 saturated carbocycles. The maximum absolute atomic E-state index is 4.85. The number of hydrogen-bond acceptors (Lipinski definition) is 1. The van der Waals surface area contributed by atoms with Crippen molar-refractivity contribution in [3.63, 3.8) is 0 Å². The van der Waals surface area contributed by atoms with Crippen LogP contribution in [0.4, 0.5) is 0 Å². The Bertz CT molecular complexity index is 770.